The van der Waals surface area contributed by atoms with E-state index in [4.69, 9.17) is 10.5 Å². The molecule has 1 aromatic heterocycles. The Morgan fingerprint density at radius 1 is 1.41 bits per heavy atom. The predicted molar refractivity (Wildman–Crippen MR) is 108 cm³/mol. The standard InChI is InChI=1S/C19H26N4O3S/c1-13-4-2-5-15-17(13)21-16(22-18(15)24)12-27-14-6-9-23(10-7-14)8-3-11-26-19(20)25/h2,4-5,14H,3,6-12H2,1H3,(H2,20,25)(H,21,22,24). The number of likely N-dealkylation sites (tertiary alicyclic amines) is 1. The Kier molecular flexibility index (Phi) is 6.73. The number of para-hydroxylation sites is 1. The summed E-state index contributed by atoms with van der Waals surface area (Å²) in [5.74, 6) is 1.47. The number of aromatic amines is 1. The van der Waals surface area contributed by atoms with Crippen LogP contribution in [-0.2, 0) is 10.5 Å². The highest BCUT2D eigenvalue weighted by atomic mass is 32.2. The van der Waals surface area contributed by atoms with Crippen LogP contribution in [0, 0.1) is 6.92 Å². The summed E-state index contributed by atoms with van der Waals surface area (Å²) < 4.78 is 4.76. The van der Waals surface area contributed by atoms with Crippen molar-refractivity contribution in [2.75, 3.05) is 26.2 Å². The van der Waals surface area contributed by atoms with Gasteiger partial charge in [-0.15, -0.1) is 0 Å². The van der Waals surface area contributed by atoms with Gasteiger partial charge in [-0.1, -0.05) is 12.1 Å². The van der Waals surface area contributed by atoms with E-state index in [-0.39, 0.29) is 5.56 Å². The molecule has 0 aliphatic carbocycles. The number of amides is 1. The first-order chi connectivity index (χ1) is 13.0. The molecule has 1 amide bonds. The molecule has 0 bridgehead atoms. The molecule has 0 saturated carbocycles. The minimum absolute atomic E-state index is 0.0627. The van der Waals surface area contributed by atoms with Crippen LogP contribution in [0.25, 0.3) is 10.9 Å². The molecule has 3 rings (SSSR count). The number of aromatic nitrogens is 2. The Morgan fingerprint density at radius 3 is 2.93 bits per heavy atom. The zero-order chi connectivity index (χ0) is 19.2. The number of hydrogen-bond acceptors (Lipinski definition) is 6. The largest absolute Gasteiger partial charge is 0.450 e. The van der Waals surface area contributed by atoms with Gasteiger partial charge >= 0.3 is 6.09 Å². The second-order valence-electron chi connectivity index (χ2n) is 6.86. The zero-order valence-corrected chi connectivity index (χ0v) is 16.4. The maximum atomic E-state index is 12.3. The molecule has 2 aromatic rings. The summed E-state index contributed by atoms with van der Waals surface area (Å²) in [5.41, 5.74) is 6.71. The second kappa shape index (κ2) is 9.23. The average Bonchev–Trinajstić information content (AvgIpc) is 2.65. The van der Waals surface area contributed by atoms with Crippen LogP contribution < -0.4 is 11.3 Å². The van der Waals surface area contributed by atoms with E-state index >= 15 is 0 Å². The molecule has 7 nitrogen and oxygen atoms in total. The third-order valence-electron chi connectivity index (χ3n) is 4.84. The van der Waals surface area contributed by atoms with E-state index in [2.05, 4.69) is 14.9 Å². The normalized spacial score (nSPS) is 15.9. The number of carbonyl (C=O) groups excluding carboxylic acids is 1. The molecule has 1 fully saturated rings. The smallest absolute Gasteiger partial charge is 0.404 e. The van der Waals surface area contributed by atoms with Crippen LogP contribution in [0.4, 0.5) is 4.79 Å². The van der Waals surface area contributed by atoms with Gasteiger partial charge in [-0.25, -0.2) is 9.78 Å². The fourth-order valence-electron chi connectivity index (χ4n) is 3.38. The molecule has 0 radical (unpaired) electrons. The van der Waals surface area contributed by atoms with Crippen molar-refractivity contribution in [3.63, 3.8) is 0 Å². The first kappa shape index (κ1) is 19.7. The zero-order valence-electron chi connectivity index (χ0n) is 15.6. The number of aryl methyl sites for hydroxylation is 1. The van der Waals surface area contributed by atoms with Crippen molar-refractivity contribution < 1.29 is 9.53 Å². The lowest BCUT2D eigenvalue weighted by Gasteiger charge is -2.31. The van der Waals surface area contributed by atoms with Crippen LogP contribution >= 0.6 is 11.8 Å². The fourth-order valence-corrected chi connectivity index (χ4v) is 4.45. The van der Waals surface area contributed by atoms with E-state index in [1.165, 1.54) is 0 Å². The molecule has 3 N–H and O–H groups in total. The van der Waals surface area contributed by atoms with Gasteiger partial charge in [-0.2, -0.15) is 11.8 Å². The molecule has 146 valence electrons. The lowest BCUT2D eigenvalue weighted by molar-refractivity contribution is 0.144. The number of nitrogens with one attached hydrogen (secondary N) is 1. The minimum Gasteiger partial charge on any atom is -0.450 e. The summed E-state index contributed by atoms with van der Waals surface area (Å²) in [6, 6.07) is 5.68. The number of nitrogens with zero attached hydrogens (tertiary/aromatic N) is 2. The van der Waals surface area contributed by atoms with Crippen molar-refractivity contribution in [2.45, 2.75) is 37.2 Å². The number of hydrogen-bond donors (Lipinski definition) is 2. The van der Waals surface area contributed by atoms with Crippen LogP contribution in [0.5, 0.6) is 0 Å². The van der Waals surface area contributed by atoms with Crippen LogP contribution in [0.3, 0.4) is 0 Å². The van der Waals surface area contributed by atoms with Gasteiger partial charge < -0.3 is 20.4 Å². The van der Waals surface area contributed by atoms with Crippen molar-refractivity contribution in [1.29, 1.82) is 0 Å². The van der Waals surface area contributed by atoms with Gasteiger partial charge in [0.25, 0.3) is 5.56 Å². The SMILES string of the molecule is Cc1cccc2c(=O)[nH]c(CSC3CCN(CCCOC(N)=O)CC3)nc12. The third kappa shape index (κ3) is 5.46. The minimum atomic E-state index is -0.708. The van der Waals surface area contributed by atoms with Crippen molar-refractivity contribution in [3.05, 3.63) is 39.9 Å². The summed E-state index contributed by atoms with van der Waals surface area (Å²) in [6.45, 7) is 5.36. The van der Waals surface area contributed by atoms with Crippen molar-refractivity contribution in [2.24, 2.45) is 5.73 Å². The summed E-state index contributed by atoms with van der Waals surface area (Å²) in [5, 5.41) is 1.22. The van der Waals surface area contributed by atoms with E-state index in [1.807, 2.05) is 36.9 Å². The number of carbonyl (C=O) groups is 1. The van der Waals surface area contributed by atoms with Crippen LogP contribution in [-0.4, -0.2) is 52.5 Å². The van der Waals surface area contributed by atoms with E-state index in [9.17, 15) is 9.59 Å². The topological polar surface area (TPSA) is 101 Å². The Balaban J connectivity index is 1.46. The van der Waals surface area contributed by atoms with Gasteiger partial charge in [0.1, 0.15) is 5.82 Å². The monoisotopic (exact) mass is 390 g/mol. The number of piperidine rings is 1. The highest BCUT2D eigenvalue weighted by Crippen LogP contribution is 2.26. The molecule has 0 unspecified atom stereocenters. The Morgan fingerprint density at radius 2 is 2.19 bits per heavy atom. The Labute approximate surface area is 162 Å². The van der Waals surface area contributed by atoms with Gasteiger partial charge in [0.15, 0.2) is 0 Å². The molecule has 1 aliphatic heterocycles. The highest BCUT2D eigenvalue weighted by molar-refractivity contribution is 7.99. The molecule has 1 aromatic carbocycles. The van der Waals surface area contributed by atoms with Gasteiger partial charge in [0.2, 0.25) is 0 Å². The molecule has 1 aliphatic rings. The van der Waals surface area contributed by atoms with E-state index in [0.717, 1.165) is 61.6 Å². The van der Waals surface area contributed by atoms with E-state index in [1.54, 1.807) is 0 Å². The molecule has 27 heavy (non-hydrogen) atoms. The average molecular weight is 391 g/mol. The number of benzene rings is 1. The number of fused-ring (bicyclic) bond motifs is 1. The summed E-state index contributed by atoms with van der Waals surface area (Å²) in [4.78, 5) is 32.8. The second-order valence-corrected chi connectivity index (χ2v) is 8.15. The maximum Gasteiger partial charge on any atom is 0.404 e. The van der Waals surface area contributed by atoms with Crippen LogP contribution in [0.1, 0.15) is 30.7 Å². The lowest BCUT2D eigenvalue weighted by atomic mass is 10.1. The van der Waals surface area contributed by atoms with Gasteiger partial charge in [-0.3, -0.25) is 4.79 Å². The number of thioether (sulfide) groups is 1. The molecule has 0 atom stereocenters. The fraction of sp³-hybridized carbons (Fsp3) is 0.526. The molecule has 1 saturated heterocycles. The van der Waals surface area contributed by atoms with Crippen molar-refractivity contribution in [1.82, 2.24) is 14.9 Å². The lowest BCUT2D eigenvalue weighted by Crippen LogP contribution is -2.36. The number of ether oxygens (including phenoxy) is 1. The van der Waals surface area contributed by atoms with Crippen molar-refractivity contribution in [3.8, 4) is 0 Å². The van der Waals surface area contributed by atoms with Gasteiger partial charge in [-0.05, 0) is 50.9 Å². The molecule has 8 heteroatoms. The highest BCUT2D eigenvalue weighted by Gasteiger charge is 2.19. The number of rotatable bonds is 7. The van der Waals surface area contributed by atoms with Gasteiger partial charge in [0, 0.05) is 11.8 Å². The van der Waals surface area contributed by atoms with Gasteiger partial charge in [0.05, 0.1) is 23.3 Å². The quantitative estimate of drug-likeness (QED) is 0.704. The summed E-state index contributed by atoms with van der Waals surface area (Å²) in [7, 11) is 0. The van der Waals surface area contributed by atoms with E-state index in [0.29, 0.717) is 17.2 Å². The van der Waals surface area contributed by atoms with Crippen LogP contribution in [0.2, 0.25) is 0 Å². The number of primary amides is 1. The molecule has 2 heterocycles. The summed E-state index contributed by atoms with van der Waals surface area (Å²) in [6.07, 6.45) is 2.32. The predicted octanol–water partition coefficient (Wildman–Crippen LogP) is 2.41. The van der Waals surface area contributed by atoms with Crippen LogP contribution in [0.15, 0.2) is 23.0 Å². The molecule has 0 spiro atoms. The number of nitrogens with two attached hydrogens (primary N) is 1. The maximum absolute atomic E-state index is 12.3. The van der Waals surface area contributed by atoms with Crippen molar-refractivity contribution >= 4 is 28.8 Å². The third-order valence-corrected chi connectivity index (χ3v) is 6.22. The molecular formula is C19H26N4O3S. The molecular weight excluding hydrogens is 364 g/mol. The first-order valence-corrected chi connectivity index (χ1v) is 10.3. The number of H-pyrrole nitrogens is 1. The van der Waals surface area contributed by atoms with E-state index < -0.39 is 6.09 Å². The Hall–Kier alpha value is -2.06. The first-order valence-electron chi connectivity index (χ1n) is 9.27. The Bertz CT molecular complexity index is 846. The summed E-state index contributed by atoms with van der Waals surface area (Å²) >= 11 is 1.86.